The number of amides is 2. The number of urea groups is 1. The van der Waals surface area contributed by atoms with Crippen LogP contribution < -0.4 is 5.32 Å². The van der Waals surface area contributed by atoms with Crippen LogP contribution in [-0.2, 0) is 21.1 Å². The van der Waals surface area contributed by atoms with E-state index in [0.717, 1.165) is 11.3 Å². The summed E-state index contributed by atoms with van der Waals surface area (Å²) >= 11 is 0. The number of ether oxygens (including phenoxy) is 1. The third-order valence-electron chi connectivity index (χ3n) is 4.15. The van der Waals surface area contributed by atoms with Gasteiger partial charge < -0.3 is 19.4 Å². The second-order valence-corrected chi connectivity index (χ2v) is 8.10. The summed E-state index contributed by atoms with van der Waals surface area (Å²) in [5, 5.41) is 2.75. The van der Waals surface area contributed by atoms with Crippen molar-refractivity contribution in [2.24, 2.45) is 0 Å². The molecule has 3 rings (SSSR count). The predicted molar refractivity (Wildman–Crippen MR) is 88.4 cm³/mol. The van der Waals surface area contributed by atoms with Crippen molar-refractivity contribution in [3.05, 3.63) is 36.3 Å². The minimum absolute atomic E-state index is 0.0641. The van der Waals surface area contributed by atoms with Gasteiger partial charge in [-0.2, -0.15) is 0 Å². The second-order valence-electron chi connectivity index (χ2n) is 5.94. The highest BCUT2D eigenvalue weighted by Crippen LogP contribution is 2.16. The molecule has 2 aromatic heterocycles. The summed E-state index contributed by atoms with van der Waals surface area (Å²) in [5.41, 5.74) is 1.67. The van der Waals surface area contributed by atoms with Crippen molar-refractivity contribution in [3.8, 4) is 0 Å². The molecule has 0 aliphatic carbocycles. The maximum atomic E-state index is 12.4. The SMILES string of the molecule is CO[C@@H]1CS(=O)(=O)C[C@H]1NC(=O)N(C)Cc1cnc2ccccn12. The van der Waals surface area contributed by atoms with Crippen LogP contribution in [0.4, 0.5) is 4.79 Å². The van der Waals surface area contributed by atoms with Crippen LogP contribution in [0.3, 0.4) is 0 Å². The molecule has 2 atom stereocenters. The number of sulfone groups is 1. The van der Waals surface area contributed by atoms with Gasteiger partial charge >= 0.3 is 6.03 Å². The molecular formula is C15H20N4O4S. The van der Waals surface area contributed by atoms with E-state index >= 15 is 0 Å². The van der Waals surface area contributed by atoms with Gasteiger partial charge in [-0.05, 0) is 12.1 Å². The molecule has 8 nitrogen and oxygen atoms in total. The molecule has 1 fully saturated rings. The molecule has 0 saturated carbocycles. The molecule has 24 heavy (non-hydrogen) atoms. The largest absolute Gasteiger partial charge is 0.378 e. The minimum atomic E-state index is -3.18. The highest BCUT2D eigenvalue weighted by Gasteiger charge is 2.39. The zero-order valence-electron chi connectivity index (χ0n) is 13.5. The Kier molecular flexibility index (Phi) is 4.46. The van der Waals surface area contributed by atoms with Gasteiger partial charge in [0, 0.05) is 20.4 Å². The van der Waals surface area contributed by atoms with Crippen molar-refractivity contribution in [1.29, 1.82) is 0 Å². The lowest BCUT2D eigenvalue weighted by molar-refractivity contribution is 0.0984. The molecule has 130 valence electrons. The summed E-state index contributed by atoms with van der Waals surface area (Å²) in [6.45, 7) is 0.355. The van der Waals surface area contributed by atoms with Crippen LogP contribution in [-0.4, -0.2) is 66.5 Å². The van der Waals surface area contributed by atoms with E-state index in [0.29, 0.717) is 6.54 Å². The van der Waals surface area contributed by atoms with E-state index < -0.39 is 22.0 Å². The molecular weight excluding hydrogens is 332 g/mol. The molecule has 0 unspecified atom stereocenters. The average molecular weight is 352 g/mol. The fraction of sp³-hybridized carbons (Fsp3) is 0.467. The van der Waals surface area contributed by atoms with E-state index in [1.54, 1.807) is 13.2 Å². The van der Waals surface area contributed by atoms with Crippen molar-refractivity contribution in [2.75, 3.05) is 25.7 Å². The van der Waals surface area contributed by atoms with Gasteiger partial charge in [0.25, 0.3) is 0 Å². The topological polar surface area (TPSA) is 93.0 Å². The van der Waals surface area contributed by atoms with E-state index in [1.807, 2.05) is 28.8 Å². The zero-order valence-corrected chi connectivity index (χ0v) is 14.4. The van der Waals surface area contributed by atoms with Gasteiger partial charge in [-0.1, -0.05) is 6.07 Å². The fourth-order valence-electron chi connectivity index (χ4n) is 2.87. The van der Waals surface area contributed by atoms with Gasteiger partial charge in [0.05, 0.1) is 42.1 Å². The van der Waals surface area contributed by atoms with E-state index in [9.17, 15) is 13.2 Å². The third kappa shape index (κ3) is 3.36. The van der Waals surface area contributed by atoms with E-state index in [-0.39, 0.29) is 17.5 Å². The Morgan fingerprint density at radius 3 is 3.00 bits per heavy atom. The summed E-state index contributed by atoms with van der Waals surface area (Å²) in [7, 11) is -0.0723. The van der Waals surface area contributed by atoms with Crippen molar-refractivity contribution in [2.45, 2.75) is 18.7 Å². The second kappa shape index (κ2) is 6.40. The molecule has 3 heterocycles. The highest BCUT2D eigenvalue weighted by atomic mass is 32.2. The Morgan fingerprint density at radius 1 is 1.46 bits per heavy atom. The Hall–Kier alpha value is -2.13. The lowest BCUT2D eigenvalue weighted by Crippen LogP contribution is -2.48. The molecule has 1 aliphatic heterocycles. The Bertz CT molecular complexity index is 848. The first-order valence-electron chi connectivity index (χ1n) is 7.55. The summed E-state index contributed by atoms with van der Waals surface area (Å²) in [6, 6.07) is 4.80. The quantitative estimate of drug-likeness (QED) is 0.854. The van der Waals surface area contributed by atoms with Crippen molar-refractivity contribution in [1.82, 2.24) is 19.6 Å². The molecule has 1 N–H and O–H groups in total. The first-order chi connectivity index (χ1) is 11.4. The first-order valence-corrected chi connectivity index (χ1v) is 9.37. The van der Waals surface area contributed by atoms with Crippen LogP contribution in [0.15, 0.2) is 30.6 Å². The number of hydrogen-bond acceptors (Lipinski definition) is 5. The zero-order chi connectivity index (χ0) is 17.3. The van der Waals surface area contributed by atoms with Crippen LogP contribution in [0.1, 0.15) is 5.69 Å². The van der Waals surface area contributed by atoms with Gasteiger partial charge in [0.2, 0.25) is 0 Å². The monoisotopic (exact) mass is 352 g/mol. The number of carbonyl (C=O) groups excluding carboxylic acids is 1. The molecule has 2 aromatic rings. The normalized spacial score (nSPS) is 22.6. The fourth-order valence-corrected chi connectivity index (χ4v) is 4.72. The highest BCUT2D eigenvalue weighted by molar-refractivity contribution is 7.91. The standard InChI is InChI=1S/C15H20N4O4S/c1-18(8-11-7-16-14-5-3-4-6-19(11)14)15(20)17-12-9-24(21,22)10-13(12)23-2/h3-7,12-13H,8-10H2,1-2H3,(H,17,20)/t12-,13-/m1/s1. The van der Waals surface area contributed by atoms with Gasteiger partial charge in [0.1, 0.15) is 5.65 Å². The molecule has 1 saturated heterocycles. The van der Waals surface area contributed by atoms with Gasteiger partial charge in [0.15, 0.2) is 9.84 Å². The molecule has 0 radical (unpaired) electrons. The molecule has 1 aliphatic rings. The molecule has 9 heteroatoms. The molecule has 0 aromatic carbocycles. The van der Waals surface area contributed by atoms with E-state index in [1.165, 1.54) is 12.0 Å². The maximum absolute atomic E-state index is 12.4. The minimum Gasteiger partial charge on any atom is -0.378 e. The smallest absolute Gasteiger partial charge is 0.317 e. The molecule has 2 amide bonds. The maximum Gasteiger partial charge on any atom is 0.317 e. The third-order valence-corrected chi connectivity index (χ3v) is 5.85. The summed E-state index contributed by atoms with van der Waals surface area (Å²) in [6.07, 6.45) is 3.09. The number of aromatic nitrogens is 2. The molecule has 0 bridgehead atoms. The summed E-state index contributed by atoms with van der Waals surface area (Å²) < 4.78 is 30.5. The number of carbonyl (C=O) groups is 1. The number of fused-ring (bicyclic) bond motifs is 1. The number of pyridine rings is 1. The van der Waals surface area contributed by atoms with Crippen molar-refractivity contribution in [3.63, 3.8) is 0 Å². The van der Waals surface area contributed by atoms with Crippen molar-refractivity contribution >= 4 is 21.5 Å². The number of methoxy groups -OCH3 is 1. The van der Waals surface area contributed by atoms with Crippen molar-refractivity contribution < 1.29 is 17.9 Å². The lowest BCUT2D eigenvalue weighted by Gasteiger charge is -2.23. The summed E-state index contributed by atoms with van der Waals surface area (Å²) in [5.74, 6) is -0.161. The number of nitrogens with zero attached hydrogens (tertiary/aromatic N) is 3. The number of rotatable bonds is 4. The van der Waals surface area contributed by atoms with Gasteiger partial charge in [-0.25, -0.2) is 18.2 Å². The van der Waals surface area contributed by atoms with Gasteiger partial charge in [-0.3, -0.25) is 0 Å². The van der Waals surface area contributed by atoms with Gasteiger partial charge in [-0.15, -0.1) is 0 Å². The van der Waals surface area contributed by atoms with Crippen LogP contribution in [0.25, 0.3) is 5.65 Å². The Labute approximate surface area is 140 Å². The number of hydrogen-bond donors (Lipinski definition) is 1. The van der Waals surface area contributed by atoms with Crippen LogP contribution in [0.2, 0.25) is 0 Å². The average Bonchev–Trinajstić information content (AvgIpc) is 3.07. The van der Waals surface area contributed by atoms with E-state index in [4.69, 9.17) is 4.74 Å². The van der Waals surface area contributed by atoms with Crippen LogP contribution >= 0.6 is 0 Å². The van der Waals surface area contributed by atoms with E-state index in [2.05, 4.69) is 10.3 Å². The first kappa shape index (κ1) is 16.7. The molecule has 0 spiro atoms. The number of nitrogens with one attached hydrogen (secondary N) is 1. The number of imidazole rings is 1. The Morgan fingerprint density at radius 2 is 2.25 bits per heavy atom. The Balaban J connectivity index is 1.67. The van der Waals surface area contributed by atoms with Crippen LogP contribution in [0, 0.1) is 0 Å². The predicted octanol–water partition coefficient (Wildman–Crippen LogP) is 0.288. The van der Waals surface area contributed by atoms with Crippen LogP contribution in [0.5, 0.6) is 0 Å². The summed E-state index contributed by atoms with van der Waals surface area (Å²) in [4.78, 5) is 18.1. The lowest BCUT2D eigenvalue weighted by atomic mass is 10.2.